The Morgan fingerprint density at radius 2 is 1.77 bits per heavy atom. The molecule has 114 valence electrons. The molecule has 0 spiro atoms. The van der Waals surface area contributed by atoms with Crippen LogP contribution < -0.4 is 0 Å². The van der Waals surface area contributed by atoms with Crippen molar-refractivity contribution >= 4 is 5.91 Å². The van der Waals surface area contributed by atoms with Crippen molar-refractivity contribution in [3.05, 3.63) is 71.5 Å². The third kappa shape index (κ3) is 2.89. The number of carbonyl (C=O) groups is 1. The monoisotopic (exact) mass is 297 g/mol. The average Bonchev–Trinajstić information content (AvgIpc) is 3.35. The second kappa shape index (κ2) is 5.91. The van der Waals surface area contributed by atoms with Crippen molar-refractivity contribution in [2.24, 2.45) is 5.92 Å². The van der Waals surface area contributed by atoms with E-state index in [1.165, 1.54) is 12.1 Å². The highest BCUT2D eigenvalue weighted by Gasteiger charge is 2.45. The Bertz CT molecular complexity index is 653. The Morgan fingerprint density at radius 3 is 2.41 bits per heavy atom. The number of nitrogens with zero attached hydrogens (tertiary/aromatic N) is 1. The molecule has 0 saturated heterocycles. The zero-order valence-corrected chi connectivity index (χ0v) is 12.9. The predicted molar refractivity (Wildman–Crippen MR) is 84.9 cm³/mol. The van der Waals surface area contributed by atoms with Crippen molar-refractivity contribution in [2.45, 2.75) is 25.3 Å². The zero-order chi connectivity index (χ0) is 15.7. The molecule has 1 fully saturated rings. The molecule has 22 heavy (non-hydrogen) atoms. The lowest BCUT2D eigenvalue weighted by Crippen LogP contribution is -2.31. The number of rotatable bonds is 4. The quantitative estimate of drug-likeness (QED) is 0.830. The van der Waals surface area contributed by atoms with E-state index in [2.05, 4.69) is 0 Å². The fourth-order valence-corrected chi connectivity index (χ4v) is 2.95. The van der Waals surface area contributed by atoms with Gasteiger partial charge in [-0.25, -0.2) is 4.39 Å². The van der Waals surface area contributed by atoms with Crippen molar-refractivity contribution in [2.75, 3.05) is 7.05 Å². The summed E-state index contributed by atoms with van der Waals surface area (Å²) in [6.45, 7) is 2.04. The van der Waals surface area contributed by atoms with Crippen LogP contribution in [-0.4, -0.2) is 17.9 Å². The highest BCUT2D eigenvalue weighted by molar-refractivity contribution is 5.83. The van der Waals surface area contributed by atoms with Crippen LogP contribution in [0.5, 0.6) is 0 Å². The number of halogens is 1. The number of hydrogen-bond acceptors (Lipinski definition) is 1. The molecular weight excluding hydrogens is 277 g/mol. The standard InChI is InChI=1S/C19H20FNO/c1-13(14-6-4-3-5-7-14)21(2)19(22)18-12-17(18)15-8-10-16(20)11-9-15/h3-11,13,17-18H,12H2,1-2H3. The van der Waals surface area contributed by atoms with Crippen LogP contribution in [0.15, 0.2) is 54.6 Å². The summed E-state index contributed by atoms with van der Waals surface area (Å²) in [5, 5.41) is 0. The summed E-state index contributed by atoms with van der Waals surface area (Å²) in [5.41, 5.74) is 2.19. The molecule has 1 saturated carbocycles. The van der Waals surface area contributed by atoms with E-state index in [9.17, 15) is 9.18 Å². The van der Waals surface area contributed by atoms with E-state index in [-0.39, 0.29) is 29.6 Å². The molecule has 2 aromatic rings. The molecule has 0 radical (unpaired) electrons. The van der Waals surface area contributed by atoms with Gasteiger partial charge in [0.25, 0.3) is 0 Å². The number of benzene rings is 2. The van der Waals surface area contributed by atoms with Gasteiger partial charge >= 0.3 is 0 Å². The first kappa shape index (κ1) is 14.8. The lowest BCUT2D eigenvalue weighted by atomic mass is 10.1. The first-order valence-electron chi connectivity index (χ1n) is 7.65. The van der Waals surface area contributed by atoms with E-state index in [1.807, 2.05) is 49.2 Å². The van der Waals surface area contributed by atoms with E-state index >= 15 is 0 Å². The molecule has 1 aliphatic carbocycles. The second-order valence-electron chi connectivity index (χ2n) is 6.04. The van der Waals surface area contributed by atoms with Crippen LogP contribution in [0.3, 0.4) is 0 Å². The maximum Gasteiger partial charge on any atom is 0.226 e. The summed E-state index contributed by atoms with van der Waals surface area (Å²) in [7, 11) is 1.86. The summed E-state index contributed by atoms with van der Waals surface area (Å²) < 4.78 is 13.0. The van der Waals surface area contributed by atoms with Crippen molar-refractivity contribution < 1.29 is 9.18 Å². The minimum Gasteiger partial charge on any atom is -0.339 e. The Kier molecular flexibility index (Phi) is 3.97. The fourth-order valence-electron chi connectivity index (χ4n) is 2.95. The molecule has 0 heterocycles. The fraction of sp³-hybridized carbons (Fsp3) is 0.316. The maximum atomic E-state index is 13.0. The van der Waals surface area contributed by atoms with E-state index < -0.39 is 0 Å². The summed E-state index contributed by atoms with van der Waals surface area (Å²) in [6, 6.07) is 16.6. The second-order valence-corrected chi connectivity index (χ2v) is 6.04. The maximum absolute atomic E-state index is 13.0. The summed E-state index contributed by atoms with van der Waals surface area (Å²) in [6.07, 6.45) is 0.857. The molecule has 0 aliphatic heterocycles. The van der Waals surface area contributed by atoms with Crippen LogP contribution in [0.1, 0.15) is 36.4 Å². The van der Waals surface area contributed by atoms with Crippen LogP contribution in [0.25, 0.3) is 0 Å². The molecule has 2 aromatic carbocycles. The van der Waals surface area contributed by atoms with Crippen LogP contribution in [0, 0.1) is 11.7 Å². The van der Waals surface area contributed by atoms with Crippen molar-refractivity contribution in [1.82, 2.24) is 4.90 Å². The first-order chi connectivity index (χ1) is 10.6. The Morgan fingerprint density at radius 1 is 1.14 bits per heavy atom. The zero-order valence-electron chi connectivity index (χ0n) is 12.9. The van der Waals surface area contributed by atoms with Gasteiger partial charge in [-0.05, 0) is 42.5 Å². The van der Waals surface area contributed by atoms with Crippen molar-refractivity contribution in [3.8, 4) is 0 Å². The molecule has 3 atom stereocenters. The largest absolute Gasteiger partial charge is 0.339 e. The average molecular weight is 297 g/mol. The first-order valence-corrected chi connectivity index (χ1v) is 7.65. The third-order valence-corrected chi connectivity index (χ3v) is 4.62. The molecule has 2 nitrogen and oxygen atoms in total. The number of amides is 1. The molecule has 0 aromatic heterocycles. The van der Waals surface area contributed by atoms with Crippen LogP contribution in [0.2, 0.25) is 0 Å². The van der Waals surface area contributed by atoms with Gasteiger partial charge in [-0.1, -0.05) is 42.5 Å². The molecule has 1 aliphatic rings. The van der Waals surface area contributed by atoms with Gasteiger partial charge in [0.2, 0.25) is 5.91 Å². The van der Waals surface area contributed by atoms with Gasteiger partial charge in [-0.2, -0.15) is 0 Å². The summed E-state index contributed by atoms with van der Waals surface area (Å²) in [4.78, 5) is 14.4. The van der Waals surface area contributed by atoms with Gasteiger partial charge in [0, 0.05) is 13.0 Å². The number of hydrogen-bond donors (Lipinski definition) is 0. The van der Waals surface area contributed by atoms with Crippen LogP contribution >= 0.6 is 0 Å². The molecule has 3 rings (SSSR count). The van der Waals surface area contributed by atoms with E-state index in [0.29, 0.717) is 0 Å². The Hall–Kier alpha value is -2.16. The minimum atomic E-state index is -0.234. The van der Waals surface area contributed by atoms with E-state index in [1.54, 1.807) is 12.1 Å². The molecular formula is C19H20FNO. The molecule has 3 heteroatoms. The van der Waals surface area contributed by atoms with Gasteiger partial charge in [-0.3, -0.25) is 4.79 Å². The molecule has 0 N–H and O–H groups in total. The van der Waals surface area contributed by atoms with Crippen LogP contribution in [0.4, 0.5) is 4.39 Å². The van der Waals surface area contributed by atoms with E-state index in [4.69, 9.17) is 0 Å². The highest BCUT2D eigenvalue weighted by Crippen LogP contribution is 2.49. The Labute approximate surface area is 130 Å². The van der Waals surface area contributed by atoms with Gasteiger partial charge in [-0.15, -0.1) is 0 Å². The van der Waals surface area contributed by atoms with Gasteiger partial charge in [0.15, 0.2) is 0 Å². The Balaban J connectivity index is 1.66. The smallest absolute Gasteiger partial charge is 0.226 e. The van der Waals surface area contributed by atoms with Crippen molar-refractivity contribution in [3.63, 3.8) is 0 Å². The lowest BCUT2D eigenvalue weighted by Gasteiger charge is -2.25. The molecule has 1 amide bonds. The lowest BCUT2D eigenvalue weighted by molar-refractivity contribution is -0.133. The molecule has 0 bridgehead atoms. The topological polar surface area (TPSA) is 20.3 Å². The normalized spacial score (nSPS) is 21.2. The van der Waals surface area contributed by atoms with Crippen LogP contribution in [-0.2, 0) is 4.79 Å². The number of carbonyl (C=O) groups excluding carboxylic acids is 1. The van der Waals surface area contributed by atoms with E-state index in [0.717, 1.165) is 17.5 Å². The van der Waals surface area contributed by atoms with Gasteiger partial charge in [0.1, 0.15) is 5.82 Å². The van der Waals surface area contributed by atoms with Gasteiger partial charge in [0.05, 0.1) is 6.04 Å². The third-order valence-electron chi connectivity index (χ3n) is 4.62. The van der Waals surface area contributed by atoms with Crippen molar-refractivity contribution in [1.29, 1.82) is 0 Å². The summed E-state index contributed by atoms with van der Waals surface area (Å²) in [5.74, 6) is 0.202. The molecule has 3 unspecified atom stereocenters. The predicted octanol–water partition coefficient (Wildman–Crippen LogP) is 4.15. The summed E-state index contributed by atoms with van der Waals surface area (Å²) >= 11 is 0. The van der Waals surface area contributed by atoms with Gasteiger partial charge < -0.3 is 4.90 Å². The SMILES string of the molecule is CC(c1ccccc1)N(C)C(=O)C1CC1c1ccc(F)cc1. The highest BCUT2D eigenvalue weighted by atomic mass is 19.1. The minimum absolute atomic E-state index is 0.0293.